The highest BCUT2D eigenvalue weighted by atomic mass is 16.7. The second-order valence-corrected chi connectivity index (χ2v) is 5.06. The highest BCUT2D eigenvalue weighted by molar-refractivity contribution is 5.53. The van der Waals surface area contributed by atoms with Crippen molar-refractivity contribution in [2.24, 2.45) is 0 Å². The van der Waals surface area contributed by atoms with Crippen LogP contribution in [0.2, 0.25) is 0 Å². The molecular weight excluding hydrogens is 240 g/mol. The quantitative estimate of drug-likeness (QED) is 0.803. The van der Waals surface area contributed by atoms with Crippen molar-refractivity contribution in [3.63, 3.8) is 0 Å². The van der Waals surface area contributed by atoms with E-state index in [0.29, 0.717) is 13.4 Å². The summed E-state index contributed by atoms with van der Waals surface area (Å²) < 4.78 is 11.0. The zero-order chi connectivity index (χ0) is 13.7. The summed E-state index contributed by atoms with van der Waals surface area (Å²) in [6, 6.07) is 3.98. The van der Waals surface area contributed by atoms with Crippen LogP contribution in [0.1, 0.15) is 37.8 Å². The van der Waals surface area contributed by atoms with Gasteiger partial charge in [0.1, 0.15) is 5.75 Å². The van der Waals surface area contributed by atoms with Crippen LogP contribution in [0.5, 0.6) is 5.75 Å². The lowest BCUT2D eigenvalue weighted by Crippen LogP contribution is -2.26. The number of nitrogens with two attached hydrogens (primary N) is 1. The summed E-state index contributed by atoms with van der Waals surface area (Å²) in [4.78, 5) is 2.45. The van der Waals surface area contributed by atoms with Gasteiger partial charge in [-0.1, -0.05) is 13.8 Å². The molecule has 106 valence electrons. The van der Waals surface area contributed by atoms with E-state index in [9.17, 15) is 0 Å². The number of nitrogen functional groups attached to an aromatic ring is 1. The van der Waals surface area contributed by atoms with Crippen LogP contribution in [0.4, 0.5) is 5.69 Å². The molecule has 19 heavy (non-hydrogen) atoms. The van der Waals surface area contributed by atoms with Gasteiger partial charge in [0.25, 0.3) is 0 Å². The molecule has 4 heteroatoms. The average molecular weight is 264 g/mol. The van der Waals surface area contributed by atoms with Gasteiger partial charge in [0.05, 0.1) is 6.61 Å². The van der Waals surface area contributed by atoms with Crippen molar-refractivity contribution in [3.8, 4) is 5.75 Å². The molecule has 0 fully saturated rings. The number of ether oxygens (including phenoxy) is 2. The Balaban J connectivity index is 2.20. The molecule has 0 saturated heterocycles. The molecule has 0 bridgehead atoms. The van der Waals surface area contributed by atoms with Crippen molar-refractivity contribution < 1.29 is 9.47 Å². The highest BCUT2D eigenvalue weighted by Crippen LogP contribution is 2.31. The van der Waals surface area contributed by atoms with Crippen LogP contribution in [0, 0.1) is 0 Å². The lowest BCUT2D eigenvalue weighted by molar-refractivity contribution is -0.0174. The van der Waals surface area contributed by atoms with Gasteiger partial charge in [-0.25, -0.2) is 0 Å². The third kappa shape index (κ3) is 3.61. The molecule has 0 unspecified atom stereocenters. The van der Waals surface area contributed by atoms with E-state index in [2.05, 4.69) is 18.7 Å². The van der Waals surface area contributed by atoms with E-state index in [1.807, 2.05) is 12.1 Å². The predicted molar refractivity (Wildman–Crippen MR) is 77.0 cm³/mol. The minimum absolute atomic E-state index is 0.339. The fraction of sp³-hybridized carbons (Fsp3) is 0.600. The maximum absolute atomic E-state index is 5.98. The van der Waals surface area contributed by atoms with Gasteiger partial charge in [0, 0.05) is 23.4 Å². The van der Waals surface area contributed by atoms with Crippen molar-refractivity contribution in [1.82, 2.24) is 4.90 Å². The number of benzene rings is 1. The van der Waals surface area contributed by atoms with Gasteiger partial charge in [-0.05, 0) is 38.1 Å². The number of rotatable bonds is 6. The van der Waals surface area contributed by atoms with Crippen LogP contribution in [0.3, 0.4) is 0 Å². The molecule has 0 amide bonds. The van der Waals surface area contributed by atoms with Crippen molar-refractivity contribution in [3.05, 3.63) is 23.3 Å². The number of hydrogen-bond acceptors (Lipinski definition) is 4. The molecule has 0 aliphatic carbocycles. The average Bonchev–Trinajstić information content (AvgIpc) is 2.39. The zero-order valence-electron chi connectivity index (χ0n) is 11.9. The molecule has 0 atom stereocenters. The lowest BCUT2D eigenvalue weighted by Gasteiger charge is -2.26. The zero-order valence-corrected chi connectivity index (χ0v) is 11.9. The second-order valence-electron chi connectivity index (χ2n) is 5.06. The van der Waals surface area contributed by atoms with Gasteiger partial charge >= 0.3 is 0 Å². The van der Waals surface area contributed by atoms with Crippen LogP contribution in [-0.4, -0.2) is 24.8 Å². The van der Waals surface area contributed by atoms with Crippen molar-refractivity contribution >= 4 is 5.69 Å². The largest absolute Gasteiger partial charge is 0.467 e. The second kappa shape index (κ2) is 6.78. The summed E-state index contributed by atoms with van der Waals surface area (Å²) in [5.41, 5.74) is 9.01. The first kappa shape index (κ1) is 14.2. The predicted octanol–water partition coefficient (Wildman–Crippen LogP) is 2.76. The van der Waals surface area contributed by atoms with Gasteiger partial charge in [-0.15, -0.1) is 0 Å². The Hall–Kier alpha value is -1.26. The molecule has 4 nitrogen and oxygen atoms in total. The minimum atomic E-state index is 0.339. The first-order valence-electron chi connectivity index (χ1n) is 7.08. The van der Waals surface area contributed by atoms with Crippen LogP contribution in [0.15, 0.2) is 12.1 Å². The first-order chi connectivity index (χ1) is 9.24. The molecule has 1 aliphatic heterocycles. The Labute approximate surface area is 115 Å². The first-order valence-corrected chi connectivity index (χ1v) is 7.08. The van der Waals surface area contributed by atoms with E-state index in [-0.39, 0.29) is 0 Å². The van der Waals surface area contributed by atoms with Crippen LogP contribution in [0.25, 0.3) is 0 Å². The van der Waals surface area contributed by atoms with Crippen LogP contribution >= 0.6 is 0 Å². The Morgan fingerprint density at radius 3 is 2.63 bits per heavy atom. The molecular formula is C15H24N2O2. The van der Waals surface area contributed by atoms with Gasteiger partial charge < -0.3 is 15.2 Å². The smallest absolute Gasteiger partial charge is 0.189 e. The monoisotopic (exact) mass is 264 g/mol. The standard InChI is InChI=1S/C15H24N2O2/c1-3-5-17(6-4-2)9-12-7-14(16)8-13-10-18-11-19-15(12)13/h7-8H,3-6,9-11,16H2,1-2H3. The summed E-state index contributed by atoms with van der Waals surface area (Å²) in [7, 11) is 0. The van der Waals surface area contributed by atoms with Crippen LogP contribution in [-0.2, 0) is 17.9 Å². The highest BCUT2D eigenvalue weighted by Gasteiger charge is 2.17. The topological polar surface area (TPSA) is 47.7 Å². The molecule has 1 aliphatic rings. The Morgan fingerprint density at radius 1 is 1.21 bits per heavy atom. The third-order valence-electron chi connectivity index (χ3n) is 3.28. The minimum Gasteiger partial charge on any atom is -0.467 e. The summed E-state index contributed by atoms with van der Waals surface area (Å²) in [6.07, 6.45) is 2.32. The van der Waals surface area contributed by atoms with E-state index in [1.54, 1.807) is 0 Å². The third-order valence-corrected chi connectivity index (χ3v) is 3.28. The van der Waals surface area contributed by atoms with Gasteiger partial charge in [-0.3, -0.25) is 4.90 Å². The lowest BCUT2D eigenvalue weighted by atomic mass is 10.1. The molecule has 0 saturated carbocycles. The number of anilines is 1. The molecule has 2 rings (SSSR count). The SMILES string of the molecule is CCCN(CCC)Cc1cc(N)cc2c1OCOC2. The van der Waals surface area contributed by atoms with E-state index in [1.165, 1.54) is 5.56 Å². The fourth-order valence-corrected chi connectivity index (χ4v) is 2.59. The van der Waals surface area contributed by atoms with E-state index in [0.717, 1.165) is 49.5 Å². The normalized spacial score (nSPS) is 14.3. The Bertz CT molecular complexity index is 415. The molecule has 0 aromatic heterocycles. The maximum atomic E-state index is 5.98. The van der Waals surface area contributed by atoms with E-state index < -0.39 is 0 Å². The molecule has 1 aromatic rings. The fourth-order valence-electron chi connectivity index (χ4n) is 2.59. The molecule has 1 aromatic carbocycles. The Morgan fingerprint density at radius 2 is 1.95 bits per heavy atom. The number of nitrogens with zero attached hydrogens (tertiary/aromatic N) is 1. The van der Waals surface area contributed by atoms with Crippen molar-refractivity contribution in [2.45, 2.75) is 39.8 Å². The van der Waals surface area contributed by atoms with Crippen molar-refractivity contribution in [1.29, 1.82) is 0 Å². The molecule has 1 heterocycles. The maximum Gasteiger partial charge on any atom is 0.189 e. The van der Waals surface area contributed by atoms with Crippen LogP contribution < -0.4 is 10.5 Å². The van der Waals surface area contributed by atoms with Gasteiger partial charge in [0.15, 0.2) is 6.79 Å². The van der Waals surface area contributed by atoms with Gasteiger partial charge in [-0.2, -0.15) is 0 Å². The Kier molecular flexibility index (Phi) is 5.05. The van der Waals surface area contributed by atoms with Crippen molar-refractivity contribution in [2.75, 3.05) is 25.6 Å². The number of fused-ring (bicyclic) bond motifs is 1. The summed E-state index contributed by atoms with van der Waals surface area (Å²) in [6.45, 7) is 8.46. The van der Waals surface area contributed by atoms with E-state index >= 15 is 0 Å². The number of hydrogen-bond donors (Lipinski definition) is 1. The molecule has 0 spiro atoms. The molecule has 0 radical (unpaired) electrons. The van der Waals surface area contributed by atoms with Gasteiger partial charge in [0.2, 0.25) is 0 Å². The van der Waals surface area contributed by atoms with E-state index in [4.69, 9.17) is 15.2 Å². The summed E-state index contributed by atoms with van der Waals surface area (Å²) in [5, 5.41) is 0. The molecule has 2 N–H and O–H groups in total. The summed E-state index contributed by atoms with van der Waals surface area (Å²) >= 11 is 0. The summed E-state index contributed by atoms with van der Waals surface area (Å²) in [5.74, 6) is 0.970.